The molecule has 140 valence electrons. The molecule has 1 aliphatic heterocycles. The van der Waals surface area contributed by atoms with E-state index in [0.717, 1.165) is 43.3 Å². The van der Waals surface area contributed by atoms with Crippen LogP contribution in [0.2, 0.25) is 0 Å². The van der Waals surface area contributed by atoms with Gasteiger partial charge in [0.15, 0.2) is 17.0 Å². The largest absolute Gasteiger partial charge is 0.352 e. The van der Waals surface area contributed by atoms with E-state index in [0.29, 0.717) is 12.1 Å². The Balaban J connectivity index is 1.34. The molecule has 0 spiro atoms. The van der Waals surface area contributed by atoms with Crippen molar-refractivity contribution in [3.8, 4) is 0 Å². The van der Waals surface area contributed by atoms with Crippen LogP contribution in [0.1, 0.15) is 5.56 Å². The molecule has 2 aromatic heterocycles. The van der Waals surface area contributed by atoms with Crippen LogP contribution in [0.4, 0.5) is 11.5 Å². The number of benzene rings is 1. The highest BCUT2D eigenvalue weighted by atomic mass is 16.2. The molecule has 0 unspecified atom stereocenters. The number of hydrogen-bond donors (Lipinski definition) is 1. The molecule has 0 aliphatic carbocycles. The molecule has 27 heavy (non-hydrogen) atoms. The fourth-order valence-electron chi connectivity index (χ4n) is 3.23. The van der Waals surface area contributed by atoms with E-state index in [1.807, 2.05) is 38.2 Å². The second kappa shape index (κ2) is 7.28. The Morgan fingerprint density at radius 1 is 1.11 bits per heavy atom. The van der Waals surface area contributed by atoms with Crippen molar-refractivity contribution < 1.29 is 4.79 Å². The van der Waals surface area contributed by atoms with Gasteiger partial charge in [0.05, 0.1) is 6.54 Å². The van der Waals surface area contributed by atoms with Crippen LogP contribution >= 0.6 is 0 Å². The second-order valence-electron chi connectivity index (χ2n) is 6.76. The van der Waals surface area contributed by atoms with Crippen molar-refractivity contribution in [2.24, 2.45) is 7.05 Å². The van der Waals surface area contributed by atoms with Crippen LogP contribution in [-0.2, 0) is 11.8 Å². The van der Waals surface area contributed by atoms with Gasteiger partial charge in [-0.3, -0.25) is 9.69 Å². The van der Waals surface area contributed by atoms with Crippen molar-refractivity contribution in [1.82, 2.24) is 29.9 Å². The smallest absolute Gasteiger partial charge is 0.238 e. The zero-order valence-corrected chi connectivity index (χ0v) is 15.5. The maximum atomic E-state index is 12.3. The normalized spacial score (nSPS) is 15.3. The summed E-state index contributed by atoms with van der Waals surface area (Å²) in [4.78, 5) is 25.2. The van der Waals surface area contributed by atoms with Crippen molar-refractivity contribution >= 4 is 28.6 Å². The van der Waals surface area contributed by atoms with Gasteiger partial charge in [-0.1, -0.05) is 22.9 Å². The van der Waals surface area contributed by atoms with Gasteiger partial charge >= 0.3 is 0 Å². The zero-order valence-electron chi connectivity index (χ0n) is 15.5. The Labute approximate surface area is 157 Å². The average Bonchev–Trinajstić information content (AvgIpc) is 3.06. The molecular formula is C18H22N8O. The van der Waals surface area contributed by atoms with Crippen LogP contribution < -0.4 is 10.2 Å². The number of rotatable bonds is 4. The maximum Gasteiger partial charge on any atom is 0.238 e. The summed E-state index contributed by atoms with van der Waals surface area (Å²) in [5.74, 6) is 0.808. The van der Waals surface area contributed by atoms with Gasteiger partial charge in [-0.25, -0.2) is 14.6 Å². The predicted octanol–water partition coefficient (Wildman–Crippen LogP) is 0.827. The SMILES string of the molecule is Cc1ccc(NC(=O)CN2CCN(c3ncnc4c3nnn4C)CC2)cc1. The third-order valence-electron chi connectivity index (χ3n) is 4.74. The van der Waals surface area contributed by atoms with E-state index in [1.54, 1.807) is 11.0 Å². The van der Waals surface area contributed by atoms with Crippen molar-refractivity contribution in [3.05, 3.63) is 36.2 Å². The van der Waals surface area contributed by atoms with Crippen LogP contribution in [0.15, 0.2) is 30.6 Å². The fraction of sp³-hybridized carbons (Fsp3) is 0.389. The lowest BCUT2D eigenvalue weighted by Gasteiger charge is -2.34. The highest BCUT2D eigenvalue weighted by Crippen LogP contribution is 2.21. The van der Waals surface area contributed by atoms with Gasteiger partial charge in [0.25, 0.3) is 0 Å². The van der Waals surface area contributed by atoms with E-state index >= 15 is 0 Å². The van der Waals surface area contributed by atoms with Crippen LogP contribution in [0.3, 0.4) is 0 Å². The zero-order chi connectivity index (χ0) is 18.8. The average molecular weight is 366 g/mol. The second-order valence-corrected chi connectivity index (χ2v) is 6.76. The highest BCUT2D eigenvalue weighted by molar-refractivity contribution is 5.92. The van der Waals surface area contributed by atoms with Crippen molar-refractivity contribution in [2.45, 2.75) is 6.92 Å². The number of aromatic nitrogens is 5. The standard InChI is InChI=1S/C18H22N8O/c1-13-3-5-14(6-4-13)21-15(27)11-25-7-9-26(10-8-25)18-16-17(19-12-20-18)24(2)23-22-16/h3-6,12H,7-11H2,1-2H3,(H,21,27). The Bertz CT molecular complexity index is 944. The molecule has 0 saturated carbocycles. The van der Waals surface area contributed by atoms with E-state index in [1.165, 1.54) is 5.56 Å². The minimum absolute atomic E-state index is 0.00524. The van der Waals surface area contributed by atoms with Gasteiger partial charge in [0.2, 0.25) is 5.91 Å². The van der Waals surface area contributed by atoms with Crippen LogP contribution in [0.25, 0.3) is 11.2 Å². The number of aryl methyl sites for hydroxylation is 2. The number of carbonyl (C=O) groups is 1. The number of piperazine rings is 1. The van der Waals surface area contributed by atoms with E-state index < -0.39 is 0 Å². The minimum atomic E-state index is 0.00524. The third kappa shape index (κ3) is 3.72. The minimum Gasteiger partial charge on any atom is -0.352 e. The van der Waals surface area contributed by atoms with Gasteiger partial charge < -0.3 is 10.2 Å². The molecule has 1 aromatic carbocycles. The first-order valence-electron chi connectivity index (χ1n) is 8.94. The monoisotopic (exact) mass is 366 g/mol. The summed E-state index contributed by atoms with van der Waals surface area (Å²) < 4.78 is 1.65. The molecule has 1 aliphatic rings. The molecule has 9 heteroatoms. The lowest BCUT2D eigenvalue weighted by molar-refractivity contribution is -0.117. The third-order valence-corrected chi connectivity index (χ3v) is 4.74. The highest BCUT2D eigenvalue weighted by Gasteiger charge is 2.23. The maximum absolute atomic E-state index is 12.3. The lowest BCUT2D eigenvalue weighted by atomic mass is 10.2. The Morgan fingerprint density at radius 3 is 2.59 bits per heavy atom. The first-order chi connectivity index (χ1) is 13.1. The van der Waals surface area contributed by atoms with Crippen molar-refractivity contribution in [2.75, 3.05) is 42.9 Å². The molecule has 0 radical (unpaired) electrons. The topological polar surface area (TPSA) is 92.1 Å². The lowest BCUT2D eigenvalue weighted by Crippen LogP contribution is -2.49. The number of hydrogen-bond acceptors (Lipinski definition) is 7. The Hall–Kier alpha value is -3.07. The summed E-state index contributed by atoms with van der Waals surface area (Å²) in [5.41, 5.74) is 3.44. The molecular weight excluding hydrogens is 344 g/mol. The van der Waals surface area contributed by atoms with Crippen molar-refractivity contribution in [3.63, 3.8) is 0 Å². The molecule has 0 bridgehead atoms. The van der Waals surface area contributed by atoms with Crippen molar-refractivity contribution in [1.29, 1.82) is 0 Å². The summed E-state index contributed by atoms with van der Waals surface area (Å²) >= 11 is 0. The molecule has 1 amide bonds. The molecule has 0 atom stereocenters. The molecule has 1 fully saturated rings. The quantitative estimate of drug-likeness (QED) is 0.731. The molecule has 9 nitrogen and oxygen atoms in total. The number of nitrogens with zero attached hydrogens (tertiary/aromatic N) is 7. The van der Waals surface area contributed by atoms with Gasteiger partial charge in [-0.2, -0.15) is 0 Å². The number of carbonyl (C=O) groups excluding carboxylic acids is 1. The van der Waals surface area contributed by atoms with Gasteiger partial charge in [0.1, 0.15) is 6.33 Å². The van der Waals surface area contributed by atoms with E-state index in [2.05, 4.69) is 35.4 Å². The molecule has 4 rings (SSSR count). The first-order valence-corrected chi connectivity index (χ1v) is 8.94. The van der Waals surface area contributed by atoms with E-state index in [9.17, 15) is 4.79 Å². The number of fused-ring (bicyclic) bond motifs is 1. The first kappa shape index (κ1) is 17.3. The summed E-state index contributed by atoms with van der Waals surface area (Å²) in [6.45, 7) is 5.53. The fourth-order valence-corrected chi connectivity index (χ4v) is 3.23. The van der Waals surface area contributed by atoms with Gasteiger partial charge in [-0.15, -0.1) is 5.10 Å². The number of anilines is 2. The Morgan fingerprint density at radius 2 is 1.85 bits per heavy atom. The van der Waals surface area contributed by atoms with Crippen LogP contribution in [0, 0.1) is 6.92 Å². The van der Waals surface area contributed by atoms with Gasteiger partial charge in [0, 0.05) is 38.9 Å². The molecule has 3 aromatic rings. The number of amides is 1. The molecule has 1 saturated heterocycles. The summed E-state index contributed by atoms with van der Waals surface area (Å²) in [7, 11) is 1.82. The predicted molar refractivity (Wildman–Crippen MR) is 103 cm³/mol. The summed E-state index contributed by atoms with van der Waals surface area (Å²) in [6.07, 6.45) is 1.54. The summed E-state index contributed by atoms with van der Waals surface area (Å²) in [6, 6.07) is 7.82. The number of nitrogens with one attached hydrogen (secondary N) is 1. The summed E-state index contributed by atoms with van der Waals surface area (Å²) in [5, 5.41) is 11.2. The Kier molecular flexibility index (Phi) is 4.68. The van der Waals surface area contributed by atoms with Crippen LogP contribution in [-0.4, -0.2) is 68.5 Å². The molecule has 1 N–H and O–H groups in total. The van der Waals surface area contributed by atoms with E-state index in [4.69, 9.17) is 0 Å². The van der Waals surface area contributed by atoms with Crippen LogP contribution in [0.5, 0.6) is 0 Å². The molecule has 3 heterocycles. The van der Waals surface area contributed by atoms with Gasteiger partial charge in [-0.05, 0) is 19.1 Å². The van der Waals surface area contributed by atoms with E-state index in [-0.39, 0.29) is 5.91 Å².